The largest absolute Gasteiger partial charge is 0.378 e. The van der Waals surface area contributed by atoms with Gasteiger partial charge in [-0.1, -0.05) is 12.1 Å². The Morgan fingerprint density at radius 3 is 2.67 bits per heavy atom. The Balaban J connectivity index is 1.84. The molecular formula is C19H19FN4. The zero-order valence-corrected chi connectivity index (χ0v) is 13.8. The Hall–Kier alpha value is -2.82. The van der Waals surface area contributed by atoms with Gasteiger partial charge in [0.05, 0.1) is 11.4 Å². The lowest BCUT2D eigenvalue weighted by molar-refractivity contribution is 0.627. The fraction of sp³-hybridized carbons (Fsp3) is 0.211. The lowest BCUT2D eigenvalue weighted by atomic mass is 10.1. The fourth-order valence-corrected chi connectivity index (χ4v) is 3.11. The lowest BCUT2D eigenvalue weighted by Crippen LogP contribution is -2.08. The van der Waals surface area contributed by atoms with Crippen LogP contribution in [0.15, 0.2) is 48.5 Å². The third-order valence-corrected chi connectivity index (χ3v) is 4.36. The summed E-state index contributed by atoms with van der Waals surface area (Å²) in [6, 6.07) is 14.8. The summed E-state index contributed by atoms with van der Waals surface area (Å²) in [7, 11) is 4.06. The van der Waals surface area contributed by atoms with Crippen molar-refractivity contribution in [1.29, 1.82) is 0 Å². The first-order valence-corrected chi connectivity index (χ1v) is 8.03. The molecule has 1 aliphatic heterocycles. The molecular weight excluding hydrogens is 303 g/mol. The van der Waals surface area contributed by atoms with Gasteiger partial charge in [0.15, 0.2) is 0 Å². The van der Waals surface area contributed by atoms with Crippen LogP contribution >= 0.6 is 0 Å². The summed E-state index contributed by atoms with van der Waals surface area (Å²) in [6.45, 7) is 0.898. The zero-order chi connectivity index (χ0) is 16.7. The van der Waals surface area contributed by atoms with Gasteiger partial charge in [0, 0.05) is 37.5 Å². The van der Waals surface area contributed by atoms with Crippen molar-refractivity contribution in [3.63, 3.8) is 0 Å². The van der Waals surface area contributed by atoms with E-state index < -0.39 is 0 Å². The van der Waals surface area contributed by atoms with E-state index in [0.29, 0.717) is 0 Å². The van der Waals surface area contributed by atoms with Crippen molar-refractivity contribution in [2.24, 2.45) is 0 Å². The van der Waals surface area contributed by atoms with Crippen LogP contribution in [-0.2, 0) is 6.42 Å². The highest BCUT2D eigenvalue weighted by Crippen LogP contribution is 2.35. The molecule has 0 saturated carbocycles. The van der Waals surface area contributed by atoms with Gasteiger partial charge < -0.3 is 10.2 Å². The number of aromatic nitrogens is 2. The molecule has 0 atom stereocenters. The third kappa shape index (κ3) is 2.42. The van der Waals surface area contributed by atoms with E-state index in [4.69, 9.17) is 5.10 Å². The summed E-state index contributed by atoms with van der Waals surface area (Å²) < 4.78 is 15.1. The van der Waals surface area contributed by atoms with Gasteiger partial charge in [-0.25, -0.2) is 9.07 Å². The Morgan fingerprint density at radius 2 is 1.92 bits per heavy atom. The molecule has 0 aliphatic carbocycles. The van der Waals surface area contributed by atoms with Crippen LogP contribution in [0.25, 0.3) is 16.9 Å². The first kappa shape index (κ1) is 14.8. The van der Waals surface area contributed by atoms with Crippen molar-refractivity contribution in [3.8, 4) is 16.9 Å². The molecule has 0 saturated heterocycles. The molecule has 0 bridgehead atoms. The van der Waals surface area contributed by atoms with Crippen LogP contribution in [0, 0.1) is 5.82 Å². The van der Waals surface area contributed by atoms with Crippen molar-refractivity contribution >= 4 is 11.5 Å². The van der Waals surface area contributed by atoms with Crippen molar-refractivity contribution in [2.45, 2.75) is 6.42 Å². The van der Waals surface area contributed by atoms with Crippen molar-refractivity contribution < 1.29 is 4.39 Å². The first-order valence-electron chi connectivity index (χ1n) is 8.03. The molecule has 122 valence electrons. The topological polar surface area (TPSA) is 33.1 Å². The minimum atomic E-state index is -0.241. The standard InChI is InChI=1S/C19H19FN4/c1-23(2)16-5-3-4-13(12-16)18-17-10-11-21-19(17)24(22-18)15-8-6-14(20)7-9-15/h3-9,12,21H,10-11H2,1-2H3. The SMILES string of the molecule is CN(C)c1cccc(-c2nn(-c3ccc(F)cc3)c3c2CCN3)c1. The zero-order valence-electron chi connectivity index (χ0n) is 13.8. The molecule has 2 heterocycles. The van der Waals surface area contributed by atoms with Crippen molar-refractivity contribution in [1.82, 2.24) is 9.78 Å². The average Bonchev–Trinajstić information content (AvgIpc) is 3.18. The Kier molecular flexibility index (Phi) is 3.49. The number of nitrogens with one attached hydrogen (secondary N) is 1. The molecule has 3 aromatic rings. The lowest BCUT2D eigenvalue weighted by Gasteiger charge is -2.13. The number of rotatable bonds is 3. The van der Waals surface area contributed by atoms with Gasteiger partial charge in [-0.3, -0.25) is 0 Å². The van der Waals surface area contributed by atoms with E-state index in [1.165, 1.54) is 17.7 Å². The summed E-state index contributed by atoms with van der Waals surface area (Å²) in [5, 5.41) is 8.22. The van der Waals surface area contributed by atoms with Gasteiger partial charge in [0.2, 0.25) is 0 Å². The highest BCUT2D eigenvalue weighted by atomic mass is 19.1. The van der Waals surface area contributed by atoms with Gasteiger partial charge in [-0.05, 0) is 42.8 Å². The molecule has 4 rings (SSSR count). The van der Waals surface area contributed by atoms with Crippen LogP contribution in [-0.4, -0.2) is 30.4 Å². The van der Waals surface area contributed by atoms with E-state index in [0.717, 1.165) is 41.4 Å². The minimum Gasteiger partial charge on any atom is -0.378 e. The van der Waals surface area contributed by atoms with Gasteiger partial charge >= 0.3 is 0 Å². The molecule has 0 fully saturated rings. The second-order valence-corrected chi connectivity index (χ2v) is 6.19. The average molecular weight is 322 g/mol. The van der Waals surface area contributed by atoms with Crippen LogP contribution in [0.3, 0.4) is 0 Å². The number of hydrogen-bond donors (Lipinski definition) is 1. The molecule has 1 N–H and O–H groups in total. The summed E-state index contributed by atoms with van der Waals surface area (Å²) in [4.78, 5) is 2.08. The molecule has 4 nitrogen and oxygen atoms in total. The quantitative estimate of drug-likeness (QED) is 0.798. The van der Waals surface area contributed by atoms with Crippen LogP contribution < -0.4 is 10.2 Å². The number of anilines is 2. The third-order valence-electron chi connectivity index (χ3n) is 4.36. The maximum absolute atomic E-state index is 13.2. The molecule has 1 aliphatic rings. The molecule has 0 amide bonds. The predicted molar refractivity (Wildman–Crippen MR) is 95.5 cm³/mol. The van der Waals surface area contributed by atoms with Crippen LogP contribution in [0.1, 0.15) is 5.56 Å². The number of benzene rings is 2. The number of hydrogen-bond acceptors (Lipinski definition) is 3. The van der Waals surface area contributed by atoms with Gasteiger partial charge in [0.1, 0.15) is 11.6 Å². The van der Waals surface area contributed by atoms with E-state index >= 15 is 0 Å². The molecule has 0 radical (unpaired) electrons. The summed E-state index contributed by atoms with van der Waals surface area (Å²) >= 11 is 0. The highest BCUT2D eigenvalue weighted by Gasteiger charge is 2.24. The number of fused-ring (bicyclic) bond motifs is 1. The van der Waals surface area contributed by atoms with Gasteiger partial charge in [-0.15, -0.1) is 0 Å². The smallest absolute Gasteiger partial charge is 0.133 e. The molecule has 1 aromatic heterocycles. The van der Waals surface area contributed by atoms with Crippen LogP contribution in [0.2, 0.25) is 0 Å². The van der Waals surface area contributed by atoms with E-state index in [2.05, 4.69) is 34.5 Å². The highest BCUT2D eigenvalue weighted by molar-refractivity contribution is 5.75. The fourth-order valence-electron chi connectivity index (χ4n) is 3.11. The monoisotopic (exact) mass is 322 g/mol. The van der Waals surface area contributed by atoms with Crippen molar-refractivity contribution in [2.75, 3.05) is 30.9 Å². The maximum Gasteiger partial charge on any atom is 0.133 e. The van der Waals surface area contributed by atoms with Gasteiger partial charge in [0.25, 0.3) is 0 Å². The van der Waals surface area contributed by atoms with Crippen LogP contribution in [0.4, 0.5) is 15.9 Å². The van der Waals surface area contributed by atoms with E-state index in [1.807, 2.05) is 18.8 Å². The van der Waals surface area contributed by atoms with E-state index in [-0.39, 0.29) is 5.82 Å². The number of halogens is 1. The molecule has 0 unspecified atom stereocenters. The molecule has 0 spiro atoms. The Labute approximate surface area is 140 Å². The summed E-state index contributed by atoms with van der Waals surface area (Å²) in [5.41, 5.74) is 5.31. The number of nitrogens with zero attached hydrogens (tertiary/aromatic N) is 3. The Bertz CT molecular complexity index is 881. The van der Waals surface area contributed by atoms with Crippen molar-refractivity contribution in [3.05, 3.63) is 59.9 Å². The van der Waals surface area contributed by atoms with E-state index in [9.17, 15) is 4.39 Å². The van der Waals surface area contributed by atoms with E-state index in [1.54, 1.807) is 12.1 Å². The summed E-state index contributed by atoms with van der Waals surface area (Å²) in [5.74, 6) is 0.765. The second-order valence-electron chi connectivity index (χ2n) is 6.19. The normalized spacial score (nSPS) is 12.8. The molecule has 2 aromatic carbocycles. The summed E-state index contributed by atoms with van der Waals surface area (Å²) in [6.07, 6.45) is 0.943. The van der Waals surface area contributed by atoms with Crippen LogP contribution in [0.5, 0.6) is 0 Å². The maximum atomic E-state index is 13.2. The predicted octanol–water partition coefficient (Wildman–Crippen LogP) is 3.71. The Morgan fingerprint density at radius 1 is 1.12 bits per heavy atom. The molecule has 24 heavy (non-hydrogen) atoms. The second kappa shape index (κ2) is 5.67. The molecule has 5 heteroatoms. The minimum absolute atomic E-state index is 0.241. The first-order chi connectivity index (χ1) is 11.6. The van der Waals surface area contributed by atoms with Gasteiger partial charge in [-0.2, -0.15) is 5.10 Å².